The first-order valence-electron chi connectivity index (χ1n) is 7.83. The van der Waals surface area contributed by atoms with Crippen LogP contribution in [0.3, 0.4) is 0 Å². The fraction of sp³-hybridized carbons (Fsp3) is 0. The van der Waals surface area contributed by atoms with E-state index in [1.807, 2.05) is 6.07 Å². The third-order valence-corrected chi connectivity index (χ3v) is 5.01. The molecule has 26 heavy (non-hydrogen) atoms. The first kappa shape index (κ1) is 15.0. The van der Waals surface area contributed by atoms with Gasteiger partial charge in [-0.05, 0) is 36.4 Å². The minimum absolute atomic E-state index is 0.199. The van der Waals surface area contributed by atoms with Crippen LogP contribution in [0.5, 0.6) is 0 Å². The number of benzene rings is 1. The van der Waals surface area contributed by atoms with Crippen LogP contribution < -0.4 is 10.1 Å². The zero-order valence-electron chi connectivity index (χ0n) is 13.2. The molecule has 0 spiro atoms. The largest absolute Gasteiger partial charge is 0.457 e. The van der Waals surface area contributed by atoms with Crippen molar-refractivity contribution in [1.29, 1.82) is 0 Å². The molecule has 1 aromatic carbocycles. The summed E-state index contributed by atoms with van der Waals surface area (Å²) in [6.45, 7) is 0. The van der Waals surface area contributed by atoms with Crippen molar-refractivity contribution in [2.24, 2.45) is 0 Å². The van der Waals surface area contributed by atoms with Crippen molar-refractivity contribution in [2.45, 2.75) is 0 Å². The van der Waals surface area contributed by atoms with Crippen molar-refractivity contribution in [3.63, 3.8) is 0 Å². The van der Waals surface area contributed by atoms with Gasteiger partial charge in [0.1, 0.15) is 27.4 Å². The maximum absolute atomic E-state index is 13.9. The average Bonchev–Trinajstić information content (AvgIpc) is 3.32. The van der Waals surface area contributed by atoms with Crippen LogP contribution in [0.4, 0.5) is 4.39 Å². The SMILES string of the molecule is O=c1/c(=C/c2ccc(-c3ccccc3F)o2)sc2nc3cccnc3n12. The highest BCUT2D eigenvalue weighted by Gasteiger charge is 2.13. The third kappa shape index (κ3) is 2.25. The summed E-state index contributed by atoms with van der Waals surface area (Å²) in [6.07, 6.45) is 3.27. The fourth-order valence-corrected chi connectivity index (χ4v) is 3.81. The standard InChI is InChI=1S/C19H10FN3O2S/c20-13-5-2-1-4-12(13)15-8-7-11(25-15)10-16-18(24)23-17-14(6-3-9-21-17)22-19(23)26-16/h1-10H/b16-10-. The van der Waals surface area contributed by atoms with Gasteiger partial charge in [0.2, 0.25) is 0 Å². The van der Waals surface area contributed by atoms with E-state index in [1.54, 1.807) is 48.7 Å². The topological polar surface area (TPSA) is 60.4 Å². The summed E-state index contributed by atoms with van der Waals surface area (Å²) in [5.74, 6) is 0.530. The Morgan fingerprint density at radius 1 is 1.12 bits per heavy atom. The Kier molecular flexibility index (Phi) is 3.23. The summed E-state index contributed by atoms with van der Waals surface area (Å²) in [7, 11) is 0. The Labute approximate surface area is 149 Å². The van der Waals surface area contributed by atoms with E-state index in [0.29, 0.717) is 37.7 Å². The quantitative estimate of drug-likeness (QED) is 0.483. The molecular formula is C19H10FN3O2S. The Bertz CT molecular complexity index is 1380. The van der Waals surface area contributed by atoms with Crippen molar-refractivity contribution < 1.29 is 8.81 Å². The molecule has 0 amide bonds. The summed E-state index contributed by atoms with van der Waals surface area (Å²) >= 11 is 1.26. The molecule has 0 aliphatic rings. The molecule has 0 unspecified atom stereocenters. The summed E-state index contributed by atoms with van der Waals surface area (Å²) < 4.78 is 21.6. The Morgan fingerprint density at radius 2 is 2.00 bits per heavy atom. The number of hydrogen-bond acceptors (Lipinski definition) is 5. The van der Waals surface area contributed by atoms with E-state index >= 15 is 0 Å². The summed E-state index contributed by atoms with van der Waals surface area (Å²) in [5.41, 5.74) is 1.40. The molecule has 0 atom stereocenters. The molecule has 4 heterocycles. The van der Waals surface area contributed by atoms with Gasteiger partial charge >= 0.3 is 0 Å². The lowest BCUT2D eigenvalue weighted by atomic mass is 10.1. The lowest BCUT2D eigenvalue weighted by Crippen LogP contribution is -2.22. The van der Waals surface area contributed by atoms with Crippen molar-refractivity contribution in [2.75, 3.05) is 0 Å². The Morgan fingerprint density at radius 3 is 2.88 bits per heavy atom. The number of nitrogens with zero attached hydrogens (tertiary/aromatic N) is 3. The Hall–Kier alpha value is -3.32. The van der Waals surface area contributed by atoms with Gasteiger partial charge in [-0.2, -0.15) is 0 Å². The van der Waals surface area contributed by atoms with Gasteiger partial charge in [-0.25, -0.2) is 18.8 Å². The number of pyridine rings is 1. The van der Waals surface area contributed by atoms with Crippen molar-refractivity contribution >= 4 is 33.5 Å². The molecule has 0 aliphatic carbocycles. The molecule has 0 fully saturated rings. The highest BCUT2D eigenvalue weighted by Crippen LogP contribution is 2.25. The Balaban J connectivity index is 1.65. The summed E-state index contributed by atoms with van der Waals surface area (Å²) in [4.78, 5) is 21.9. The van der Waals surface area contributed by atoms with Crippen LogP contribution in [0, 0.1) is 5.82 Å². The number of halogens is 1. The molecule has 7 heteroatoms. The zero-order valence-corrected chi connectivity index (χ0v) is 14.0. The first-order chi connectivity index (χ1) is 12.7. The third-order valence-electron chi connectivity index (χ3n) is 4.04. The molecule has 0 saturated heterocycles. The van der Waals surface area contributed by atoms with Gasteiger partial charge in [0.15, 0.2) is 10.6 Å². The average molecular weight is 363 g/mol. The van der Waals surface area contributed by atoms with Crippen molar-refractivity contribution in [3.8, 4) is 11.3 Å². The molecular weight excluding hydrogens is 353 g/mol. The second-order valence-electron chi connectivity index (χ2n) is 5.67. The van der Waals surface area contributed by atoms with Crippen molar-refractivity contribution in [1.82, 2.24) is 14.4 Å². The van der Waals surface area contributed by atoms with Gasteiger partial charge in [-0.3, -0.25) is 4.79 Å². The normalized spacial score (nSPS) is 12.4. The van der Waals surface area contributed by atoms with E-state index in [9.17, 15) is 9.18 Å². The second-order valence-corrected chi connectivity index (χ2v) is 6.68. The minimum Gasteiger partial charge on any atom is -0.457 e. The number of rotatable bonds is 2. The minimum atomic E-state index is -0.356. The van der Waals surface area contributed by atoms with Gasteiger partial charge < -0.3 is 4.42 Å². The second kappa shape index (κ2) is 5.60. The van der Waals surface area contributed by atoms with Crippen LogP contribution in [0.2, 0.25) is 0 Å². The molecule has 4 aromatic heterocycles. The lowest BCUT2D eigenvalue weighted by Gasteiger charge is -1.97. The molecule has 5 nitrogen and oxygen atoms in total. The van der Waals surface area contributed by atoms with E-state index in [1.165, 1.54) is 21.8 Å². The van der Waals surface area contributed by atoms with Crippen LogP contribution in [0.15, 0.2) is 63.9 Å². The predicted octanol–water partition coefficient (Wildman–Crippen LogP) is 3.25. The van der Waals surface area contributed by atoms with Gasteiger partial charge in [0, 0.05) is 12.3 Å². The molecule has 0 radical (unpaired) electrons. The maximum Gasteiger partial charge on any atom is 0.276 e. The number of furan rings is 1. The number of hydrogen-bond donors (Lipinski definition) is 0. The van der Waals surface area contributed by atoms with Crippen LogP contribution in [0.25, 0.3) is 33.5 Å². The predicted molar refractivity (Wildman–Crippen MR) is 97.5 cm³/mol. The molecule has 0 N–H and O–H groups in total. The molecule has 126 valence electrons. The molecule has 0 bridgehead atoms. The van der Waals surface area contributed by atoms with Crippen LogP contribution in [0.1, 0.15) is 5.76 Å². The summed E-state index contributed by atoms with van der Waals surface area (Å²) in [5, 5.41) is 0. The van der Waals surface area contributed by atoms with Crippen LogP contribution in [-0.4, -0.2) is 14.4 Å². The number of imidazole rings is 1. The van der Waals surface area contributed by atoms with Gasteiger partial charge in [-0.1, -0.05) is 23.5 Å². The fourth-order valence-electron chi connectivity index (χ4n) is 2.85. The number of aromatic nitrogens is 3. The van der Waals surface area contributed by atoms with E-state index < -0.39 is 0 Å². The lowest BCUT2D eigenvalue weighted by molar-refractivity contribution is 0.560. The highest BCUT2D eigenvalue weighted by atomic mass is 32.1. The van der Waals surface area contributed by atoms with Gasteiger partial charge in [0.05, 0.1) is 5.56 Å². The molecule has 5 rings (SSSR count). The molecule has 0 saturated carbocycles. The molecule has 0 aliphatic heterocycles. The maximum atomic E-state index is 13.9. The van der Waals surface area contributed by atoms with E-state index in [4.69, 9.17) is 4.42 Å². The van der Waals surface area contributed by atoms with Gasteiger partial charge in [0.25, 0.3) is 5.56 Å². The number of thiazole rings is 1. The first-order valence-corrected chi connectivity index (χ1v) is 8.65. The highest BCUT2D eigenvalue weighted by molar-refractivity contribution is 7.15. The van der Waals surface area contributed by atoms with E-state index in [-0.39, 0.29) is 11.4 Å². The van der Waals surface area contributed by atoms with E-state index in [2.05, 4.69) is 9.97 Å². The smallest absolute Gasteiger partial charge is 0.276 e. The van der Waals surface area contributed by atoms with Crippen molar-refractivity contribution in [3.05, 3.63) is 81.2 Å². The zero-order chi connectivity index (χ0) is 17.7. The summed E-state index contributed by atoms with van der Waals surface area (Å²) in [6, 6.07) is 13.4. The number of fused-ring (bicyclic) bond motifs is 3. The molecule has 5 aromatic rings. The van der Waals surface area contributed by atoms with E-state index in [0.717, 1.165) is 0 Å². The monoisotopic (exact) mass is 363 g/mol. The van der Waals surface area contributed by atoms with Crippen LogP contribution in [-0.2, 0) is 0 Å². The van der Waals surface area contributed by atoms with Gasteiger partial charge in [-0.15, -0.1) is 0 Å². The van der Waals surface area contributed by atoms with Crippen LogP contribution >= 0.6 is 11.3 Å².